The minimum atomic E-state index is -1.56. The zero-order valence-electron chi connectivity index (χ0n) is 28.4. The molecule has 250 valence electrons. The molecule has 0 radical (unpaired) electrons. The van der Waals surface area contributed by atoms with Gasteiger partial charge in [0.05, 0.1) is 22.9 Å². The summed E-state index contributed by atoms with van der Waals surface area (Å²) < 4.78 is 31.9. The van der Waals surface area contributed by atoms with Crippen molar-refractivity contribution >= 4 is 24.1 Å². The molecule has 1 aromatic rings. The molecule has 4 aliphatic heterocycles. The molecule has 1 aromatic carbocycles. The van der Waals surface area contributed by atoms with Crippen molar-refractivity contribution < 1.29 is 43.2 Å². The van der Waals surface area contributed by atoms with E-state index < -0.39 is 28.3 Å². The number of aromatic hydroxyl groups is 1. The zero-order valence-corrected chi connectivity index (χ0v) is 28.4. The Morgan fingerprint density at radius 3 is 2.43 bits per heavy atom. The molecule has 7 aliphatic rings. The van der Waals surface area contributed by atoms with Crippen LogP contribution in [0.1, 0.15) is 103 Å². The average molecular weight is 645 g/mol. The van der Waals surface area contributed by atoms with Crippen molar-refractivity contribution in [1.82, 2.24) is 0 Å². The third-order valence-electron chi connectivity index (χ3n) is 11.2. The minimum absolute atomic E-state index is 0.0363. The van der Waals surface area contributed by atoms with Gasteiger partial charge in [0, 0.05) is 35.8 Å². The first-order valence-electron chi connectivity index (χ1n) is 16.6. The molecular formula is C38H44O9. The summed E-state index contributed by atoms with van der Waals surface area (Å²) >= 11 is 0. The van der Waals surface area contributed by atoms with E-state index in [2.05, 4.69) is 19.9 Å². The van der Waals surface area contributed by atoms with Crippen molar-refractivity contribution in [3.05, 3.63) is 57.9 Å². The van der Waals surface area contributed by atoms with Crippen molar-refractivity contribution in [1.29, 1.82) is 0 Å². The second-order valence-electron chi connectivity index (χ2n) is 15.5. The number of fused-ring (bicyclic) bond motifs is 2. The van der Waals surface area contributed by atoms with E-state index in [1.165, 1.54) is 5.57 Å². The number of phenols is 1. The molecule has 6 atom stereocenters. The first-order valence-corrected chi connectivity index (χ1v) is 16.6. The lowest BCUT2D eigenvalue weighted by Gasteiger charge is -2.56. The summed E-state index contributed by atoms with van der Waals surface area (Å²) in [6.07, 6.45) is 11.5. The Labute approximate surface area is 275 Å². The van der Waals surface area contributed by atoms with Gasteiger partial charge >= 0.3 is 0 Å². The number of ketones is 2. The summed E-state index contributed by atoms with van der Waals surface area (Å²) in [5, 5.41) is 11.8. The van der Waals surface area contributed by atoms with E-state index >= 15 is 0 Å². The van der Waals surface area contributed by atoms with Gasteiger partial charge in [0.25, 0.3) is 6.47 Å². The standard InChI is InChI=1S/C38H44O9/c1-20(2)10-9-13-36(8)14-12-23-29(40)28-30(41)25-16-22-17-26-34(4,5)47-37(33(22)42,15-11-21(3)43-19-39)38(25,26)46-32(28)24(31(23)45-36)18-27-35(6,7)44-27/h10-12,14,16,19,22,26-27,40H,9,13,15,17-18H2,1-8H3/b21-11-/t22-,26?,27?,36-,37-,38-/m1/s1. The highest BCUT2D eigenvalue weighted by molar-refractivity contribution is 6.19. The number of carbonyl (C=O) groups is 3. The molecule has 0 amide bonds. The molecule has 0 aromatic heterocycles. The Morgan fingerprint density at radius 1 is 1.04 bits per heavy atom. The van der Waals surface area contributed by atoms with Crippen LogP contribution in [-0.2, 0) is 30.2 Å². The van der Waals surface area contributed by atoms with Crippen LogP contribution < -0.4 is 9.47 Å². The molecule has 3 aliphatic carbocycles. The van der Waals surface area contributed by atoms with E-state index in [9.17, 15) is 19.5 Å². The summed E-state index contributed by atoms with van der Waals surface area (Å²) in [6, 6.07) is 0. The van der Waals surface area contributed by atoms with E-state index in [-0.39, 0.29) is 52.7 Å². The maximum Gasteiger partial charge on any atom is 0.298 e. The Balaban J connectivity index is 1.43. The first kappa shape index (κ1) is 31.9. The van der Waals surface area contributed by atoms with E-state index in [1.54, 1.807) is 19.1 Å². The van der Waals surface area contributed by atoms with Gasteiger partial charge in [-0.15, -0.1) is 0 Å². The van der Waals surface area contributed by atoms with Gasteiger partial charge in [-0.05, 0) is 92.9 Å². The highest BCUT2D eigenvalue weighted by atomic mass is 16.6. The lowest BCUT2D eigenvalue weighted by molar-refractivity contribution is -0.171. The summed E-state index contributed by atoms with van der Waals surface area (Å²) in [5.74, 6) is -0.691. The SMILES string of the molecule is CC(C)=CCC[C@]1(C)C=Cc2c(O)c3c(c(CC4OC4(C)C)c2O1)O[C@]12C(=C[C@@H]4CC1C(C)(C)O[C@]2(C/C=C(/C)OC=O)C4=O)C3=O. The summed E-state index contributed by atoms with van der Waals surface area (Å²) in [6.45, 7) is 16.0. The van der Waals surface area contributed by atoms with Crippen molar-refractivity contribution in [2.75, 3.05) is 0 Å². The molecule has 3 fully saturated rings. The Morgan fingerprint density at radius 2 is 1.77 bits per heavy atom. The van der Waals surface area contributed by atoms with Crippen LogP contribution in [0.25, 0.3) is 6.08 Å². The lowest BCUT2D eigenvalue weighted by atomic mass is 9.51. The van der Waals surface area contributed by atoms with Crippen molar-refractivity contribution in [2.24, 2.45) is 11.8 Å². The second kappa shape index (κ2) is 10.2. The average Bonchev–Trinajstić information content (AvgIpc) is 3.55. The molecule has 4 heterocycles. The second-order valence-corrected chi connectivity index (χ2v) is 15.5. The van der Waals surface area contributed by atoms with Gasteiger partial charge in [-0.1, -0.05) is 17.7 Å². The molecule has 2 saturated heterocycles. The predicted octanol–water partition coefficient (Wildman–Crippen LogP) is 6.50. The normalized spacial score (nSPS) is 34.8. The lowest BCUT2D eigenvalue weighted by Crippen LogP contribution is -2.72. The molecule has 9 nitrogen and oxygen atoms in total. The smallest absolute Gasteiger partial charge is 0.298 e. The van der Waals surface area contributed by atoms with Crippen LogP contribution in [0.5, 0.6) is 17.2 Å². The molecule has 2 unspecified atom stereocenters. The van der Waals surface area contributed by atoms with Crippen LogP contribution in [0.3, 0.4) is 0 Å². The Bertz CT molecular complexity index is 1740. The van der Waals surface area contributed by atoms with Crippen LogP contribution in [0.15, 0.2) is 41.2 Å². The van der Waals surface area contributed by atoms with Gasteiger partial charge in [-0.3, -0.25) is 14.4 Å². The van der Waals surface area contributed by atoms with Crippen molar-refractivity contribution in [2.45, 2.75) is 122 Å². The highest BCUT2D eigenvalue weighted by Gasteiger charge is 2.81. The van der Waals surface area contributed by atoms with Gasteiger partial charge in [0.1, 0.15) is 34.2 Å². The maximum atomic E-state index is 14.8. The number of hydrogen-bond donors (Lipinski definition) is 1. The van der Waals surface area contributed by atoms with Gasteiger partial charge in [0.15, 0.2) is 22.8 Å². The topological polar surface area (TPSA) is 121 Å². The molecule has 1 spiro atoms. The molecule has 1 N–H and O–H groups in total. The fourth-order valence-electron chi connectivity index (χ4n) is 8.70. The number of epoxide rings is 1. The molecule has 1 saturated carbocycles. The van der Waals surface area contributed by atoms with Crippen molar-refractivity contribution in [3.63, 3.8) is 0 Å². The van der Waals surface area contributed by atoms with Crippen LogP contribution in [0.2, 0.25) is 0 Å². The quantitative estimate of drug-likeness (QED) is 0.139. The molecular weight excluding hydrogens is 600 g/mol. The number of phenolic OH excluding ortho intramolecular Hbond substituents is 1. The van der Waals surface area contributed by atoms with Crippen LogP contribution in [0, 0.1) is 11.8 Å². The molecule has 8 rings (SSSR count). The van der Waals surface area contributed by atoms with E-state index in [0.29, 0.717) is 53.9 Å². The fourth-order valence-corrected chi connectivity index (χ4v) is 8.70. The van der Waals surface area contributed by atoms with Gasteiger partial charge < -0.3 is 28.8 Å². The van der Waals surface area contributed by atoms with Crippen LogP contribution in [0.4, 0.5) is 0 Å². The monoisotopic (exact) mass is 644 g/mol. The van der Waals surface area contributed by atoms with Crippen LogP contribution in [-0.4, -0.2) is 57.3 Å². The number of benzene rings is 1. The fraction of sp³-hybridized carbons (Fsp3) is 0.553. The Hall–Kier alpha value is -3.69. The number of hydrogen-bond acceptors (Lipinski definition) is 9. The molecule has 47 heavy (non-hydrogen) atoms. The number of ether oxygens (including phenoxy) is 5. The third-order valence-corrected chi connectivity index (χ3v) is 11.2. The van der Waals surface area contributed by atoms with Crippen LogP contribution >= 0.6 is 0 Å². The van der Waals surface area contributed by atoms with Crippen molar-refractivity contribution in [3.8, 4) is 17.2 Å². The zero-order chi connectivity index (χ0) is 33.9. The molecule has 4 bridgehead atoms. The number of Topliss-reactive ketones (excluding diaryl/α,β-unsaturated/α-hetero) is 2. The van der Waals surface area contributed by atoms with Gasteiger partial charge in [-0.25, -0.2) is 0 Å². The number of allylic oxidation sites excluding steroid dienone is 4. The van der Waals surface area contributed by atoms with Gasteiger partial charge in [-0.2, -0.15) is 0 Å². The van der Waals surface area contributed by atoms with Gasteiger partial charge in [0.2, 0.25) is 0 Å². The third kappa shape index (κ3) is 4.45. The first-order chi connectivity index (χ1) is 22.0. The number of carbonyl (C=O) groups excluding carboxylic acids is 3. The predicted molar refractivity (Wildman–Crippen MR) is 173 cm³/mol. The van der Waals surface area contributed by atoms with E-state index in [1.807, 2.05) is 46.8 Å². The maximum absolute atomic E-state index is 14.8. The summed E-state index contributed by atoms with van der Waals surface area (Å²) in [5.41, 5.74) is -2.26. The molecule has 9 heteroatoms. The minimum Gasteiger partial charge on any atom is -0.506 e. The van der Waals surface area contributed by atoms with E-state index in [4.69, 9.17) is 23.7 Å². The Kier molecular flexibility index (Phi) is 6.89. The number of rotatable bonds is 9. The van der Waals surface area contributed by atoms with E-state index in [0.717, 1.165) is 6.42 Å². The highest BCUT2D eigenvalue weighted by Crippen LogP contribution is 2.69. The summed E-state index contributed by atoms with van der Waals surface area (Å²) in [4.78, 5) is 40.3. The largest absolute Gasteiger partial charge is 0.506 e. The summed E-state index contributed by atoms with van der Waals surface area (Å²) in [7, 11) is 0.